The lowest BCUT2D eigenvalue weighted by Gasteiger charge is -2.37. The number of pyridine rings is 2. The summed E-state index contributed by atoms with van der Waals surface area (Å²) < 4.78 is 1.72. The number of nitriles is 2. The number of amides is 1. The van der Waals surface area contributed by atoms with Crippen LogP contribution in [0.2, 0.25) is 0 Å². The van der Waals surface area contributed by atoms with Crippen molar-refractivity contribution in [2.45, 2.75) is 35.6 Å². The van der Waals surface area contributed by atoms with Crippen LogP contribution in [0, 0.1) is 22.7 Å². The van der Waals surface area contributed by atoms with Gasteiger partial charge >= 0.3 is 0 Å². The Hall–Kier alpha value is -4.34. The fraction of sp³-hybridized carbons (Fsp3) is 0.250. The van der Waals surface area contributed by atoms with E-state index in [4.69, 9.17) is 4.98 Å². The number of anilines is 1. The zero-order valence-corrected chi connectivity index (χ0v) is 21.4. The molecule has 1 saturated heterocycles. The third kappa shape index (κ3) is 4.87. The molecule has 8 nitrogen and oxygen atoms in total. The second-order valence-corrected chi connectivity index (χ2v) is 10.1. The predicted octanol–water partition coefficient (Wildman–Crippen LogP) is 4.74. The largest absolute Gasteiger partial charge is 0.357 e. The summed E-state index contributed by atoms with van der Waals surface area (Å²) in [5, 5.41) is 23.6. The molecule has 9 heteroatoms. The monoisotopic (exact) mass is 507 g/mol. The highest BCUT2D eigenvalue weighted by atomic mass is 32.2. The van der Waals surface area contributed by atoms with Gasteiger partial charge in [-0.25, -0.2) is 9.50 Å². The van der Waals surface area contributed by atoms with E-state index in [9.17, 15) is 15.3 Å². The van der Waals surface area contributed by atoms with Gasteiger partial charge < -0.3 is 9.80 Å². The molecule has 0 atom stereocenters. The van der Waals surface area contributed by atoms with Crippen LogP contribution in [0.25, 0.3) is 16.6 Å². The zero-order chi connectivity index (χ0) is 25.9. The number of carbonyl (C=O) groups is 1. The Morgan fingerprint density at radius 2 is 1.78 bits per heavy atom. The smallest absolute Gasteiger partial charge is 0.219 e. The summed E-state index contributed by atoms with van der Waals surface area (Å²) in [6.45, 7) is 3.16. The Morgan fingerprint density at radius 1 is 1.03 bits per heavy atom. The van der Waals surface area contributed by atoms with Crippen LogP contribution in [-0.2, 0) is 4.79 Å². The van der Waals surface area contributed by atoms with E-state index in [2.05, 4.69) is 29.2 Å². The summed E-state index contributed by atoms with van der Waals surface area (Å²) in [7, 11) is 2.05. The summed E-state index contributed by atoms with van der Waals surface area (Å²) in [6, 6.07) is 18.3. The normalized spacial score (nSPS) is 13.8. The highest BCUT2D eigenvalue weighted by Gasteiger charge is 2.24. The highest BCUT2D eigenvalue weighted by molar-refractivity contribution is 7.99. The van der Waals surface area contributed by atoms with E-state index in [1.54, 1.807) is 23.7 Å². The molecule has 184 valence electrons. The molecular formula is C28H25N7OS. The van der Waals surface area contributed by atoms with Crippen molar-refractivity contribution >= 4 is 29.0 Å². The van der Waals surface area contributed by atoms with Gasteiger partial charge in [-0.1, -0.05) is 23.9 Å². The molecule has 0 spiro atoms. The van der Waals surface area contributed by atoms with Crippen molar-refractivity contribution in [3.63, 3.8) is 0 Å². The minimum Gasteiger partial charge on any atom is -0.357 e. The summed E-state index contributed by atoms with van der Waals surface area (Å²) in [6.07, 6.45) is 7.15. The Balaban J connectivity index is 1.44. The maximum Gasteiger partial charge on any atom is 0.219 e. The van der Waals surface area contributed by atoms with Crippen LogP contribution in [0.4, 0.5) is 5.82 Å². The van der Waals surface area contributed by atoms with Gasteiger partial charge in [-0.15, -0.1) is 0 Å². The zero-order valence-electron chi connectivity index (χ0n) is 20.6. The van der Waals surface area contributed by atoms with Crippen molar-refractivity contribution in [2.24, 2.45) is 0 Å². The number of likely N-dealkylation sites (tertiary alicyclic amines) is 1. The van der Waals surface area contributed by atoms with Crippen LogP contribution in [0.15, 0.2) is 70.8 Å². The number of hydrogen-bond acceptors (Lipinski definition) is 7. The van der Waals surface area contributed by atoms with E-state index in [1.807, 2.05) is 53.7 Å². The third-order valence-corrected chi connectivity index (χ3v) is 7.93. The van der Waals surface area contributed by atoms with Gasteiger partial charge in [0.1, 0.15) is 18.0 Å². The minimum atomic E-state index is 0.133. The molecule has 1 aliphatic heterocycles. The maximum atomic E-state index is 11.6. The van der Waals surface area contributed by atoms with Crippen LogP contribution in [0.5, 0.6) is 0 Å². The van der Waals surface area contributed by atoms with Crippen molar-refractivity contribution in [2.75, 3.05) is 25.0 Å². The number of fused-ring (bicyclic) bond motifs is 1. The van der Waals surface area contributed by atoms with Gasteiger partial charge in [0.15, 0.2) is 0 Å². The molecule has 0 aliphatic carbocycles. The van der Waals surface area contributed by atoms with Crippen molar-refractivity contribution in [3.8, 4) is 23.3 Å². The van der Waals surface area contributed by atoms with Gasteiger partial charge in [-0.3, -0.25) is 4.79 Å². The molecule has 0 bridgehead atoms. The molecular weight excluding hydrogens is 482 g/mol. The first-order chi connectivity index (χ1) is 18.0. The van der Waals surface area contributed by atoms with Crippen LogP contribution in [0.3, 0.4) is 0 Å². The lowest BCUT2D eigenvalue weighted by molar-refractivity contribution is -0.129. The number of carbonyl (C=O) groups excluding carboxylic acids is 1. The molecule has 1 aromatic carbocycles. The number of aromatic nitrogens is 3. The molecule has 0 saturated carbocycles. The minimum absolute atomic E-state index is 0.133. The molecule has 1 fully saturated rings. The average molecular weight is 508 g/mol. The quantitative estimate of drug-likeness (QED) is 0.385. The standard InChI is InChI=1S/C28H25N7OS/c1-19(36)34-11-9-24(10-12-34)33(2)27-8-7-21(16-31-27)22-13-26(28-23(15-30)17-32-35(28)18-22)37-25-6-4-3-5-20(25)14-29/h3-8,13,16-18,24H,9-12H2,1-2H3. The molecule has 0 N–H and O–H groups in total. The van der Waals surface area contributed by atoms with Crippen LogP contribution in [0.1, 0.15) is 30.9 Å². The fourth-order valence-corrected chi connectivity index (χ4v) is 5.78. The van der Waals surface area contributed by atoms with Gasteiger partial charge in [-0.05, 0) is 43.2 Å². The van der Waals surface area contributed by atoms with E-state index in [1.165, 1.54) is 11.8 Å². The second-order valence-electron chi connectivity index (χ2n) is 9.02. The summed E-state index contributed by atoms with van der Waals surface area (Å²) >= 11 is 1.45. The van der Waals surface area contributed by atoms with Crippen LogP contribution >= 0.6 is 11.8 Å². The fourth-order valence-electron chi connectivity index (χ4n) is 4.69. The third-order valence-electron chi connectivity index (χ3n) is 6.82. The van der Waals surface area contributed by atoms with Crippen LogP contribution < -0.4 is 4.90 Å². The molecule has 5 rings (SSSR count). The SMILES string of the molecule is CC(=O)N1CCC(N(C)c2ccc(-c3cc(Sc4ccccc4C#N)c4c(C#N)cnn4c3)cn2)CC1. The predicted molar refractivity (Wildman–Crippen MR) is 142 cm³/mol. The van der Waals surface area contributed by atoms with Gasteiger partial charge in [0, 0.05) is 66.4 Å². The van der Waals surface area contributed by atoms with E-state index in [-0.39, 0.29) is 5.91 Å². The lowest BCUT2D eigenvalue weighted by Crippen LogP contribution is -2.45. The number of piperidine rings is 1. The molecule has 4 aromatic rings. The van der Waals surface area contributed by atoms with E-state index in [0.717, 1.165) is 52.7 Å². The molecule has 1 amide bonds. The van der Waals surface area contributed by atoms with E-state index in [0.29, 0.717) is 22.7 Å². The van der Waals surface area contributed by atoms with Gasteiger partial charge in [0.25, 0.3) is 0 Å². The number of rotatable bonds is 5. The Morgan fingerprint density at radius 3 is 2.46 bits per heavy atom. The first-order valence-corrected chi connectivity index (χ1v) is 12.8. The summed E-state index contributed by atoms with van der Waals surface area (Å²) in [5.41, 5.74) is 3.61. The Kier molecular flexibility index (Phi) is 6.80. The van der Waals surface area contributed by atoms with Crippen molar-refractivity contribution in [1.29, 1.82) is 10.5 Å². The van der Waals surface area contributed by atoms with Crippen molar-refractivity contribution in [1.82, 2.24) is 19.5 Å². The number of benzene rings is 1. The number of hydrogen-bond donors (Lipinski definition) is 0. The summed E-state index contributed by atoms with van der Waals surface area (Å²) in [4.78, 5) is 22.1. The van der Waals surface area contributed by atoms with E-state index < -0.39 is 0 Å². The average Bonchev–Trinajstić information content (AvgIpc) is 3.36. The number of nitrogens with zero attached hydrogens (tertiary/aromatic N) is 7. The molecule has 1 aliphatic rings. The Labute approximate surface area is 219 Å². The maximum absolute atomic E-state index is 11.6. The first kappa shape index (κ1) is 24.4. The van der Waals surface area contributed by atoms with Crippen molar-refractivity contribution < 1.29 is 4.79 Å². The highest BCUT2D eigenvalue weighted by Crippen LogP contribution is 2.37. The van der Waals surface area contributed by atoms with Gasteiger partial charge in [0.2, 0.25) is 5.91 Å². The van der Waals surface area contributed by atoms with Crippen LogP contribution in [-0.4, -0.2) is 51.6 Å². The van der Waals surface area contributed by atoms with Crippen molar-refractivity contribution in [3.05, 3.63) is 72.2 Å². The molecule has 3 aromatic heterocycles. The molecule has 4 heterocycles. The molecule has 37 heavy (non-hydrogen) atoms. The molecule has 0 unspecified atom stereocenters. The Bertz CT molecular complexity index is 1540. The topological polar surface area (TPSA) is 101 Å². The first-order valence-electron chi connectivity index (χ1n) is 12.0. The van der Waals surface area contributed by atoms with E-state index >= 15 is 0 Å². The second kappa shape index (κ2) is 10.3. The van der Waals surface area contributed by atoms with Gasteiger partial charge in [0.05, 0.1) is 22.8 Å². The molecule has 0 radical (unpaired) electrons. The van der Waals surface area contributed by atoms with Gasteiger partial charge in [-0.2, -0.15) is 15.6 Å². The lowest BCUT2D eigenvalue weighted by atomic mass is 10.0. The summed E-state index contributed by atoms with van der Waals surface area (Å²) in [5.74, 6) is 1.02.